The Bertz CT molecular complexity index is 989. The first-order chi connectivity index (χ1) is 13.8. The average molecular weight is 455 g/mol. The second kappa shape index (κ2) is 9.63. The summed E-state index contributed by atoms with van der Waals surface area (Å²) in [5, 5.41) is 2.02. The summed E-state index contributed by atoms with van der Waals surface area (Å²) in [7, 11) is -3.54. The molecule has 6 nitrogen and oxygen atoms in total. The van der Waals surface area contributed by atoms with Crippen molar-refractivity contribution in [1.82, 2.24) is 9.21 Å². The average Bonchev–Trinajstić information content (AvgIpc) is 2.73. The van der Waals surface area contributed by atoms with E-state index in [4.69, 9.17) is 27.9 Å². The third kappa shape index (κ3) is 5.96. The van der Waals surface area contributed by atoms with E-state index in [1.165, 1.54) is 9.71 Å². The van der Waals surface area contributed by atoms with Crippen LogP contribution < -0.4 is 4.74 Å². The van der Waals surface area contributed by atoms with Gasteiger partial charge in [0.2, 0.25) is 10.0 Å². The molecule has 0 unspecified atom stereocenters. The zero-order chi connectivity index (χ0) is 20.9. The molecule has 1 aliphatic heterocycles. The maximum Gasteiger partial charge on any atom is 0.260 e. The fraction of sp³-hybridized carbons (Fsp3) is 0.250. The lowest BCUT2D eigenvalue weighted by atomic mass is 10.2. The van der Waals surface area contributed by atoms with E-state index in [0.717, 1.165) is 5.56 Å². The van der Waals surface area contributed by atoms with Crippen molar-refractivity contribution in [3.05, 3.63) is 69.5 Å². The van der Waals surface area contributed by atoms with E-state index in [0.29, 0.717) is 28.9 Å². The van der Waals surface area contributed by atoms with Crippen molar-refractivity contribution in [2.75, 3.05) is 32.8 Å². The molecule has 9 heteroatoms. The number of carbonyl (C=O) groups is 1. The molecule has 1 aliphatic rings. The van der Waals surface area contributed by atoms with E-state index < -0.39 is 10.0 Å². The number of amides is 1. The topological polar surface area (TPSA) is 66.9 Å². The summed E-state index contributed by atoms with van der Waals surface area (Å²) in [5.74, 6) is 0.0951. The minimum Gasteiger partial charge on any atom is -0.482 e. The fourth-order valence-corrected chi connectivity index (χ4v) is 4.33. The van der Waals surface area contributed by atoms with Crippen LogP contribution in [0.4, 0.5) is 0 Å². The molecule has 1 fully saturated rings. The van der Waals surface area contributed by atoms with Crippen LogP contribution in [0, 0.1) is 0 Å². The molecule has 1 heterocycles. The molecular weight excluding hydrogens is 435 g/mol. The Labute approximate surface area is 180 Å². The molecule has 2 aromatic rings. The summed E-state index contributed by atoms with van der Waals surface area (Å²) in [6.07, 6.45) is 1.56. The van der Waals surface area contributed by atoms with E-state index in [1.807, 2.05) is 30.3 Å². The summed E-state index contributed by atoms with van der Waals surface area (Å²) in [4.78, 5) is 14.0. The Kier molecular flexibility index (Phi) is 7.18. The SMILES string of the molecule is O=C(COc1cc(Cl)ccc1Cl)N1CCN(S(=O)(=O)/C=C/c2ccccc2)CC1. The minimum absolute atomic E-state index is 0.194. The molecule has 0 spiro atoms. The molecule has 154 valence electrons. The maximum absolute atomic E-state index is 12.5. The zero-order valence-corrected chi connectivity index (χ0v) is 17.8. The Morgan fingerprint density at radius 1 is 1.03 bits per heavy atom. The molecule has 0 saturated carbocycles. The predicted octanol–water partition coefficient (Wildman–Crippen LogP) is 3.52. The van der Waals surface area contributed by atoms with Gasteiger partial charge in [-0.2, -0.15) is 4.31 Å². The number of halogens is 2. The summed E-state index contributed by atoms with van der Waals surface area (Å²) in [6, 6.07) is 14.0. The van der Waals surface area contributed by atoms with Gasteiger partial charge in [-0.1, -0.05) is 53.5 Å². The molecule has 0 radical (unpaired) electrons. The second-order valence-corrected chi connectivity index (χ2v) is 9.06. The van der Waals surface area contributed by atoms with Crippen molar-refractivity contribution >= 4 is 45.2 Å². The van der Waals surface area contributed by atoms with Gasteiger partial charge in [0.1, 0.15) is 5.75 Å². The molecule has 0 N–H and O–H groups in total. The van der Waals surface area contributed by atoms with Crippen molar-refractivity contribution in [2.24, 2.45) is 0 Å². The molecule has 1 amide bonds. The van der Waals surface area contributed by atoms with Gasteiger partial charge in [-0.05, 0) is 23.8 Å². The van der Waals surface area contributed by atoms with Crippen molar-refractivity contribution in [1.29, 1.82) is 0 Å². The van der Waals surface area contributed by atoms with Gasteiger partial charge in [-0.25, -0.2) is 8.42 Å². The Morgan fingerprint density at radius 3 is 2.41 bits per heavy atom. The molecule has 0 aromatic heterocycles. The molecule has 0 atom stereocenters. The van der Waals surface area contributed by atoms with Gasteiger partial charge in [0.15, 0.2) is 6.61 Å². The lowest BCUT2D eigenvalue weighted by molar-refractivity contribution is -0.134. The number of benzene rings is 2. The van der Waals surface area contributed by atoms with Crippen molar-refractivity contribution in [3.63, 3.8) is 0 Å². The predicted molar refractivity (Wildman–Crippen MR) is 115 cm³/mol. The van der Waals surface area contributed by atoms with Crippen molar-refractivity contribution < 1.29 is 17.9 Å². The normalized spacial score (nSPS) is 15.6. The molecule has 29 heavy (non-hydrogen) atoms. The summed E-state index contributed by atoms with van der Waals surface area (Å²) in [5.41, 5.74) is 0.807. The number of hydrogen-bond donors (Lipinski definition) is 0. The highest BCUT2D eigenvalue weighted by Gasteiger charge is 2.27. The molecule has 0 bridgehead atoms. The Morgan fingerprint density at radius 2 is 1.72 bits per heavy atom. The van der Waals surface area contributed by atoms with Crippen molar-refractivity contribution in [3.8, 4) is 5.75 Å². The van der Waals surface area contributed by atoms with Gasteiger partial charge in [0, 0.05) is 42.7 Å². The Balaban J connectivity index is 1.52. The number of piperazine rings is 1. The highest BCUT2D eigenvalue weighted by atomic mass is 35.5. The first-order valence-corrected chi connectivity index (χ1v) is 11.2. The van der Waals surface area contributed by atoms with E-state index in [-0.39, 0.29) is 25.6 Å². The smallest absolute Gasteiger partial charge is 0.260 e. The lowest BCUT2D eigenvalue weighted by Crippen LogP contribution is -2.51. The van der Waals surface area contributed by atoms with E-state index >= 15 is 0 Å². The highest BCUT2D eigenvalue weighted by Crippen LogP contribution is 2.27. The maximum atomic E-state index is 12.5. The van der Waals surface area contributed by atoms with Crippen LogP contribution >= 0.6 is 23.2 Å². The first kappa shape index (κ1) is 21.6. The summed E-state index contributed by atoms with van der Waals surface area (Å²) < 4.78 is 31.8. The molecule has 3 rings (SSSR count). The van der Waals surface area contributed by atoms with Gasteiger partial charge >= 0.3 is 0 Å². The van der Waals surface area contributed by atoms with Gasteiger partial charge in [-0.15, -0.1) is 0 Å². The van der Waals surface area contributed by atoms with E-state index in [1.54, 1.807) is 29.2 Å². The monoisotopic (exact) mass is 454 g/mol. The number of hydrogen-bond acceptors (Lipinski definition) is 4. The number of rotatable bonds is 6. The quantitative estimate of drug-likeness (QED) is 0.669. The third-order valence-electron chi connectivity index (χ3n) is 4.43. The second-order valence-electron chi connectivity index (χ2n) is 6.40. The number of nitrogens with zero attached hydrogens (tertiary/aromatic N) is 2. The number of carbonyl (C=O) groups excluding carboxylic acids is 1. The summed E-state index contributed by atoms with van der Waals surface area (Å²) in [6.45, 7) is 0.852. The molecule has 1 saturated heterocycles. The highest BCUT2D eigenvalue weighted by molar-refractivity contribution is 7.92. The van der Waals surface area contributed by atoms with Gasteiger partial charge in [-0.3, -0.25) is 4.79 Å². The van der Waals surface area contributed by atoms with Crippen LogP contribution in [0.25, 0.3) is 6.08 Å². The van der Waals surface area contributed by atoms with Gasteiger partial charge in [0.05, 0.1) is 5.02 Å². The van der Waals surface area contributed by atoms with Crippen LogP contribution in [0.15, 0.2) is 53.9 Å². The van der Waals surface area contributed by atoms with Crippen molar-refractivity contribution in [2.45, 2.75) is 0 Å². The molecule has 0 aliphatic carbocycles. The van der Waals surface area contributed by atoms with Crippen LogP contribution in [0.2, 0.25) is 10.0 Å². The van der Waals surface area contributed by atoms with Crippen LogP contribution in [-0.4, -0.2) is 56.3 Å². The molecular formula is C20H20Cl2N2O4S. The molecule has 2 aromatic carbocycles. The fourth-order valence-electron chi connectivity index (χ4n) is 2.83. The third-order valence-corrected chi connectivity index (χ3v) is 6.54. The number of ether oxygens (including phenoxy) is 1. The van der Waals surface area contributed by atoms with E-state index in [9.17, 15) is 13.2 Å². The summed E-state index contributed by atoms with van der Waals surface area (Å²) >= 11 is 11.9. The zero-order valence-electron chi connectivity index (χ0n) is 15.5. The standard InChI is InChI=1S/C20H20Cl2N2O4S/c21-17-6-7-18(22)19(14-17)28-15-20(25)23-9-11-24(12-10-23)29(26,27)13-8-16-4-2-1-3-5-16/h1-8,13-14H,9-12,15H2/b13-8+. The van der Waals surface area contributed by atoms with Crippen LogP contribution in [0.3, 0.4) is 0 Å². The van der Waals surface area contributed by atoms with Crippen LogP contribution in [0.1, 0.15) is 5.56 Å². The van der Waals surface area contributed by atoms with E-state index in [2.05, 4.69) is 0 Å². The largest absolute Gasteiger partial charge is 0.482 e. The first-order valence-electron chi connectivity index (χ1n) is 8.94. The number of sulfonamides is 1. The van der Waals surface area contributed by atoms with Crippen LogP contribution in [-0.2, 0) is 14.8 Å². The van der Waals surface area contributed by atoms with Gasteiger partial charge < -0.3 is 9.64 Å². The van der Waals surface area contributed by atoms with Crippen LogP contribution in [0.5, 0.6) is 5.75 Å². The lowest BCUT2D eigenvalue weighted by Gasteiger charge is -2.33. The Hall–Kier alpha value is -2.06. The van der Waals surface area contributed by atoms with Gasteiger partial charge in [0.25, 0.3) is 5.91 Å². The minimum atomic E-state index is -3.54.